The van der Waals surface area contributed by atoms with Gasteiger partial charge in [-0.1, -0.05) is 0 Å². The second kappa shape index (κ2) is 5.47. The zero-order chi connectivity index (χ0) is 11.3. The van der Waals surface area contributed by atoms with Crippen molar-refractivity contribution in [2.24, 2.45) is 5.41 Å². The molecule has 88 valence electrons. The summed E-state index contributed by atoms with van der Waals surface area (Å²) in [6.45, 7) is 5.58. The first kappa shape index (κ1) is 12.5. The average Bonchev–Trinajstić information content (AvgIpc) is 2.27. The lowest BCUT2D eigenvalue weighted by molar-refractivity contribution is -0.156. The Balaban J connectivity index is 2.31. The van der Waals surface area contributed by atoms with Gasteiger partial charge in [-0.25, -0.2) is 0 Å². The number of carbonyl (C=O) groups is 1. The highest BCUT2D eigenvalue weighted by Gasteiger charge is 2.30. The number of hydrogen-bond donors (Lipinski definition) is 0. The molecule has 15 heavy (non-hydrogen) atoms. The summed E-state index contributed by atoms with van der Waals surface area (Å²) >= 11 is 0. The first-order valence-corrected chi connectivity index (χ1v) is 5.34. The van der Waals surface area contributed by atoms with Crippen LogP contribution >= 0.6 is 0 Å². The third-order valence-corrected chi connectivity index (χ3v) is 2.59. The number of carbonyl (C=O) groups excluding carboxylic acids is 1. The molecule has 0 atom stereocenters. The van der Waals surface area contributed by atoms with E-state index in [0.717, 1.165) is 26.1 Å². The smallest absolute Gasteiger partial charge is 0.313 e. The summed E-state index contributed by atoms with van der Waals surface area (Å²) in [4.78, 5) is 11.4. The molecule has 1 fully saturated rings. The van der Waals surface area contributed by atoms with E-state index in [0.29, 0.717) is 6.61 Å². The Hall–Kier alpha value is -0.610. The van der Waals surface area contributed by atoms with Gasteiger partial charge in [0, 0.05) is 13.2 Å². The standard InChI is InChI=1S/C11H20O4/c1-11(2,10(12)13-3)8-15-9-4-6-14-7-5-9/h9H,4-8H2,1-3H3. The van der Waals surface area contributed by atoms with Crippen molar-refractivity contribution in [1.29, 1.82) is 0 Å². The van der Waals surface area contributed by atoms with Crippen LogP contribution in [0.3, 0.4) is 0 Å². The van der Waals surface area contributed by atoms with E-state index in [-0.39, 0.29) is 12.1 Å². The number of methoxy groups -OCH3 is 1. The van der Waals surface area contributed by atoms with Gasteiger partial charge in [-0.2, -0.15) is 0 Å². The van der Waals surface area contributed by atoms with Crippen molar-refractivity contribution in [3.8, 4) is 0 Å². The van der Waals surface area contributed by atoms with E-state index >= 15 is 0 Å². The Morgan fingerprint density at radius 1 is 1.40 bits per heavy atom. The largest absolute Gasteiger partial charge is 0.469 e. The number of rotatable bonds is 4. The Kier molecular flexibility index (Phi) is 4.54. The molecule has 1 aliphatic rings. The quantitative estimate of drug-likeness (QED) is 0.666. The number of ether oxygens (including phenoxy) is 3. The van der Waals surface area contributed by atoms with Crippen molar-refractivity contribution < 1.29 is 19.0 Å². The summed E-state index contributed by atoms with van der Waals surface area (Å²) in [5.41, 5.74) is -0.562. The maximum Gasteiger partial charge on any atom is 0.313 e. The van der Waals surface area contributed by atoms with E-state index in [1.165, 1.54) is 7.11 Å². The van der Waals surface area contributed by atoms with Crippen molar-refractivity contribution in [1.82, 2.24) is 0 Å². The van der Waals surface area contributed by atoms with Gasteiger partial charge >= 0.3 is 5.97 Å². The van der Waals surface area contributed by atoms with Crippen LogP contribution in [0.4, 0.5) is 0 Å². The monoisotopic (exact) mass is 216 g/mol. The van der Waals surface area contributed by atoms with Gasteiger partial charge < -0.3 is 14.2 Å². The lowest BCUT2D eigenvalue weighted by Gasteiger charge is -2.27. The van der Waals surface area contributed by atoms with Crippen LogP contribution in [0, 0.1) is 5.41 Å². The molecule has 1 heterocycles. The molecule has 0 radical (unpaired) electrons. The van der Waals surface area contributed by atoms with Crippen molar-refractivity contribution in [3.05, 3.63) is 0 Å². The van der Waals surface area contributed by atoms with Gasteiger partial charge in [0.05, 0.1) is 25.2 Å². The Labute approximate surface area is 90.9 Å². The fourth-order valence-corrected chi connectivity index (χ4v) is 1.50. The van der Waals surface area contributed by atoms with Crippen molar-refractivity contribution in [2.75, 3.05) is 26.9 Å². The lowest BCUT2D eigenvalue weighted by atomic mass is 9.95. The van der Waals surface area contributed by atoms with Gasteiger partial charge in [0.1, 0.15) is 0 Å². The van der Waals surface area contributed by atoms with E-state index in [4.69, 9.17) is 14.2 Å². The van der Waals surface area contributed by atoms with Gasteiger partial charge in [0.15, 0.2) is 0 Å². The Bertz CT molecular complexity index is 207. The molecule has 0 aromatic rings. The van der Waals surface area contributed by atoms with Crippen molar-refractivity contribution in [3.63, 3.8) is 0 Å². The molecule has 0 aromatic carbocycles. The molecule has 0 bridgehead atoms. The molecule has 0 unspecified atom stereocenters. The summed E-state index contributed by atoms with van der Waals surface area (Å²) in [6.07, 6.45) is 2.05. The van der Waals surface area contributed by atoms with Crippen LogP contribution in [0.2, 0.25) is 0 Å². The van der Waals surface area contributed by atoms with Crippen LogP contribution in [0.5, 0.6) is 0 Å². The highest BCUT2D eigenvalue weighted by Crippen LogP contribution is 2.20. The van der Waals surface area contributed by atoms with Gasteiger partial charge in [0.25, 0.3) is 0 Å². The molecule has 0 saturated carbocycles. The molecule has 1 aliphatic heterocycles. The van der Waals surface area contributed by atoms with Gasteiger partial charge in [0.2, 0.25) is 0 Å². The first-order chi connectivity index (χ1) is 7.06. The van der Waals surface area contributed by atoms with Crippen molar-refractivity contribution >= 4 is 5.97 Å². The van der Waals surface area contributed by atoms with Crippen LogP contribution in [0.25, 0.3) is 0 Å². The minimum absolute atomic E-state index is 0.225. The molecule has 0 aromatic heterocycles. The normalized spacial score (nSPS) is 18.9. The molecule has 4 nitrogen and oxygen atoms in total. The van der Waals surface area contributed by atoms with E-state index in [9.17, 15) is 4.79 Å². The second-order valence-electron chi connectivity index (χ2n) is 4.50. The topological polar surface area (TPSA) is 44.8 Å². The maximum absolute atomic E-state index is 11.4. The van der Waals surface area contributed by atoms with Crippen LogP contribution in [0.15, 0.2) is 0 Å². The number of esters is 1. The third-order valence-electron chi connectivity index (χ3n) is 2.59. The van der Waals surface area contributed by atoms with E-state index < -0.39 is 5.41 Å². The highest BCUT2D eigenvalue weighted by molar-refractivity contribution is 5.75. The maximum atomic E-state index is 11.4. The van der Waals surface area contributed by atoms with Crippen molar-refractivity contribution in [2.45, 2.75) is 32.8 Å². The van der Waals surface area contributed by atoms with E-state index in [2.05, 4.69) is 0 Å². The molecule has 0 N–H and O–H groups in total. The second-order valence-corrected chi connectivity index (χ2v) is 4.50. The highest BCUT2D eigenvalue weighted by atomic mass is 16.5. The van der Waals surface area contributed by atoms with Gasteiger partial charge in [-0.05, 0) is 26.7 Å². The van der Waals surface area contributed by atoms with Crippen LogP contribution in [-0.2, 0) is 19.0 Å². The lowest BCUT2D eigenvalue weighted by Crippen LogP contribution is -2.34. The van der Waals surface area contributed by atoms with Gasteiger partial charge in [-0.3, -0.25) is 4.79 Å². The molecule has 0 amide bonds. The molecule has 0 aliphatic carbocycles. The van der Waals surface area contributed by atoms with Gasteiger partial charge in [-0.15, -0.1) is 0 Å². The first-order valence-electron chi connectivity index (χ1n) is 5.34. The van der Waals surface area contributed by atoms with Crippen LogP contribution in [-0.4, -0.2) is 39.0 Å². The fraction of sp³-hybridized carbons (Fsp3) is 0.909. The molecule has 1 saturated heterocycles. The Morgan fingerprint density at radius 3 is 2.53 bits per heavy atom. The molecular weight excluding hydrogens is 196 g/mol. The zero-order valence-electron chi connectivity index (χ0n) is 9.75. The molecule has 0 spiro atoms. The minimum atomic E-state index is -0.562. The summed E-state index contributed by atoms with van der Waals surface area (Å²) in [5, 5.41) is 0. The Morgan fingerprint density at radius 2 is 2.00 bits per heavy atom. The summed E-state index contributed by atoms with van der Waals surface area (Å²) in [7, 11) is 1.40. The zero-order valence-corrected chi connectivity index (χ0v) is 9.75. The van der Waals surface area contributed by atoms with Crippen LogP contribution < -0.4 is 0 Å². The fourth-order valence-electron chi connectivity index (χ4n) is 1.50. The molecule has 4 heteroatoms. The van der Waals surface area contributed by atoms with E-state index in [1.807, 2.05) is 13.8 Å². The predicted octanol–water partition coefficient (Wildman–Crippen LogP) is 1.38. The predicted molar refractivity (Wildman–Crippen MR) is 55.6 cm³/mol. The average molecular weight is 216 g/mol. The minimum Gasteiger partial charge on any atom is -0.469 e. The molecular formula is C11H20O4. The SMILES string of the molecule is COC(=O)C(C)(C)COC1CCOCC1. The van der Waals surface area contributed by atoms with E-state index in [1.54, 1.807) is 0 Å². The summed E-state index contributed by atoms with van der Waals surface area (Å²) in [6, 6.07) is 0. The van der Waals surface area contributed by atoms with Crippen LogP contribution in [0.1, 0.15) is 26.7 Å². The third kappa shape index (κ3) is 3.80. The summed E-state index contributed by atoms with van der Waals surface area (Å²) in [5.74, 6) is -0.227. The summed E-state index contributed by atoms with van der Waals surface area (Å²) < 4.78 is 15.6. The number of hydrogen-bond acceptors (Lipinski definition) is 4. The molecule has 1 rings (SSSR count).